The van der Waals surface area contributed by atoms with Crippen molar-refractivity contribution in [1.29, 1.82) is 0 Å². The molecule has 29 heavy (non-hydrogen) atoms. The highest BCUT2D eigenvalue weighted by molar-refractivity contribution is 8.15. The minimum absolute atomic E-state index is 0.189. The van der Waals surface area contributed by atoms with Crippen molar-refractivity contribution in [3.63, 3.8) is 0 Å². The molecule has 0 bridgehead atoms. The lowest BCUT2D eigenvalue weighted by Gasteiger charge is -2.14. The Kier molecular flexibility index (Phi) is 6.06. The van der Waals surface area contributed by atoms with Crippen LogP contribution in [0.2, 0.25) is 0 Å². The maximum atomic E-state index is 13.0. The van der Waals surface area contributed by atoms with Gasteiger partial charge in [-0.2, -0.15) is 13.2 Å². The van der Waals surface area contributed by atoms with Gasteiger partial charge in [-0.1, -0.05) is 23.9 Å². The molecule has 11 heteroatoms. The second-order valence-corrected chi connectivity index (χ2v) is 7.15. The van der Waals surface area contributed by atoms with E-state index in [4.69, 9.17) is 4.42 Å². The molecule has 2 amide bonds. The van der Waals surface area contributed by atoms with Crippen molar-refractivity contribution in [3.05, 3.63) is 54.0 Å². The molecule has 2 N–H and O–H groups in total. The molecule has 1 aromatic heterocycles. The van der Waals surface area contributed by atoms with Crippen molar-refractivity contribution < 1.29 is 27.2 Å². The van der Waals surface area contributed by atoms with Crippen molar-refractivity contribution in [2.75, 3.05) is 5.32 Å². The van der Waals surface area contributed by atoms with Crippen LogP contribution < -0.4 is 10.6 Å². The topological polar surface area (TPSA) is 96.1 Å². The fourth-order valence-electron chi connectivity index (χ4n) is 2.45. The first-order chi connectivity index (χ1) is 13.7. The number of thioether (sulfide) groups is 1. The number of hydrogen-bond donors (Lipinski definition) is 2. The Morgan fingerprint density at radius 1 is 1.28 bits per heavy atom. The van der Waals surface area contributed by atoms with Crippen LogP contribution in [0.4, 0.5) is 18.9 Å². The second-order valence-electron chi connectivity index (χ2n) is 5.96. The van der Waals surface area contributed by atoms with Gasteiger partial charge in [-0.3, -0.25) is 9.59 Å². The molecule has 0 aliphatic carbocycles. The van der Waals surface area contributed by atoms with Crippen molar-refractivity contribution in [1.82, 2.24) is 5.32 Å². The maximum absolute atomic E-state index is 13.0. The fraction of sp³-hybridized carbons (Fsp3) is 0.222. The first-order valence-electron chi connectivity index (χ1n) is 8.34. The van der Waals surface area contributed by atoms with E-state index in [0.717, 1.165) is 23.9 Å². The van der Waals surface area contributed by atoms with Crippen LogP contribution in [0.15, 0.2) is 57.3 Å². The summed E-state index contributed by atoms with van der Waals surface area (Å²) < 4.78 is 44.2. The monoisotopic (exact) mass is 424 g/mol. The predicted molar refractivity (Wildman–Crippen MR) is 103 cm³/mol. The number of amides is 2. The normalized spacial score (nSPS) is 18.8. The summed E-state index contributed by atoms with van der Waals surface area (Å²) in [4.78, 5) is 24.2. The molecule has 0 saturated carbocycles. The first kappa shape index (κ1) is 20.6. The summed E-state index contributed by atoms with van der Waals surface area (Å²) in [6.45, 7) is 1.67. The van der Waals surface area contributed by atoms with Gasteiger partial charge in [-0.15, -0.1) is 10.2 Å². The highest BCUT2D eigenvalue weighted by atomic mass is 32.2. The SMILES string of the molecule is CC(=NN=C1NC(=O)[C@@H](CC(=O)Nc2ccccc2C(F)(F)F)S1)c1ccco1. The van der Waals surface area contributed by atoms with E-state index in [-0.39, 0.29) is 17.3 Å². The smallest absolute Gasteiger partial charge is 0.418 e. The van der Waals surface area contributed by atoms with Gasteiger partial charge in [-0.05, 0) is 31.2 Å². The lowest BCUT2D eigenvalue weighted by molar-refractivity contribution is -0.137. The van der Waals surface area contributed by atoms with Gasteiger partial charge in [0.1, 0.15) is 16.7 Å². The maximum Gasteiger partial charge on any atom is 0.418 e. The van der Waals surface area contributed by atoms with Crippen LogP contribution in [0.5, 0.6) is 0 Å². The summed E-state index contributed by atoms with van der Waals surface area (Å²) in [7, 11) is 0. The number of carbonyl (C=O) groups excluding carboxylic acids is 2. The van der Waals surface area contributed by atoms with Gasteiger partial charge in [-0.25, -0.2) is 0 Å². The first-order valence-corrected chi connectivity index (χ1v) is 9.21. The summed E-state index contributed by atoms with van der Waals surface area (Å²) in [6.07, 6.45) is -3.44. The lowest BCUT2D eigenvalue weighted by atomic mass is 10.1. The van der Waals surface area contributed by atoms with Crippen LogP contribution in [0.1, 0.15) is 24.7 Å². The van der Waals surface area contributed by atoms with E-state index in [2.05, 4.69) is 20.8 Å². The number of rotatable bonds is 5. The average Bonchev–Trinajstić information content (AvgIpc) is 3.30. The molecule has 1 aromatic carbocycles. The number of hydrogen-bond acceptors (Lipinski definition) is 6. The largest absolute Gasteiger partial charge is 0.463 e. The molecular formula is C18H15F3N4O3S. The Morgan fingerprint density at radius 2 is 2.03 bits per heavy atom. The van der Waals surface area contributed by atoms with Gasteiger partial charge < -0.3 is 15.1 Å². The van der Waals surface area contributed by atoms with E-state index in [0.29, 0.717) is 11.5 Å². The number of alkyl halides is 3. The van der Waals surface area contributed by atoms with Gasteiger partial charge in [0.2, 0.25) is 11.8 Å². The number of anilines is 1. The molecule has 1 aliphatic heterocycles. The zero-order valence-corrected chi connectivity index (χ0v) is 15.8. The average molecular weight is 424 g/mol. The minimum Gasteiger partial charge on any atom is -0.463 e. The zero-order chi connectivity index (χ0) is 21.0. The van der Waals surface area contributed by atoms with Crippen molar-refractivity contribution in [3.8, 4) is 0 Å². The Morgan fingerprint density at radius 3 is 2.72 bits per heavy atom. The van der Waals surface area contributed by atoms with Crippen LogP contribution >= 0.6 is 11.8 Å². The van der Waals surface area contributed by atoms with E-state index >= 15 is 0 Å². The highest BCUT2D eigenvalue weighted by Gasteiger charge is 2.35. The van der Waals surface area contributed by atoms with Crippen LogP contribution in [-0.4, -0.2) is 27.9 Å². The third kappa shape index (κ3) is 5.25. The van der Waals surface area contributed by atoms with Gasteiger partial charge in [0.25, 0.3) is 0 Å². The molecule has 2 heterocycles. The predicted octanol–water partition coefficient (Wildman–Crippen LogP) is 3.64. The summed E-state index contributed by atoms with van der Waals surface area (Å²) in [5, 5.41) is 11.9. The fourth-order valence-corrected chi connectivity index (χ4v) is 3.37. The molecule has 7 nitrogen and oxygen atoms in total. The van der Waals surface area contributed by atoms with Crippen molar-refractivity contribution >= 4 is 40.1 Å². The number of amidine groups is 1. The summed E-state index contributed by atoms with van der Waals surface area (Å²) in [5.74, 6) is -0.673. The number of halogens is 3. The molecule has 1 fully saturated rings. The molecule has 1 atom stereocenters. The standard InChI is InChI=1S/C18H15F3N4O3S/c1-10(13-7-4-8-28-13)24-25-17-23-16(27)14(29-17)9-15(26)22-12-6-3-2-5-11(12)18(19,20)21/h2-8,14H,9H2,1H3,(H,22,26)(H,23,25,27)/t14-/m1/s1. The third-order valence-corrected chi connectivity index (χ3v) is 4.89. The van der Waals surface area contributed by atoms with E-state index in [1.807, 2.05) is 0 Å². The molecule has 2 aromatic rings. The Balaban J connectivity index is 1.63. The number of carbonyl (C=O) groups is 2. The highest BCUT2D eigenvalue weighted by Crippen LogP contribution is 2.34. The van der Waals surface area contributed by atoms with E-state index in [1.54, 1.807) is 19.1 Å². The van der Waals surface area contributed by atoms with E-state index in [1.165, 1.54) is 18.4 Å². The van der Waals surface area contributed by atoms with E-state index in [9.17, 15) is 22.8 Å². The van der Waals surface area contributed by atoms with Gasteiger partial charge in [0.15, 0.2) is 5.17 Å². The third-order valence-electron chi connectivity index (χ3n) is 3.82. The Bertz CT molecular complexity index is 971. The van der Waals surface area contributed by atoms with Crippen LogP contribution in [-0.2, 0) is 15.8 Å². The zero-order valence-electron chi connectivity index (χ0n) is 15.0. The quantitative estimate of drug-likeness (QED) is 0.566. The number of nitrogens with zero attached hydrogens (tertiary/aromatic N) is 2. The summed E-state index contributed by atoms with van der Waals surface area (Å²) in [6, 6.07) is 8.03. The van der Waals surface area contributed by atoms with E-state index < -0.39 is 28.8 Å². The van der Waals surface area contributed by atoms with Gasteiger partial charge in [0, 0.05) is 6.42 Å². The van der Waals surface area contributed by atoms with Gasteiger partial charge >= 0.3 is 6.18 Å². The molecule has 1 saturated heterocycles. The van der Waals surface area contributed by atoms with Crippen LogP contribution in [0, 0.1) is 0 Å². The number of nitrogens with one attached hydrogen (secondary N) is 2. The molecule has 152 valence electrons. The van der Waals surface area contributed by atoms with Crippen molar-refractivity contribution in [2.45, 2.75) is 24.8 Å². The second kappa shape index (κ2) is 8.52. The summed E-state index contributed by atoms with van der Waals surface area (Å²) in [5.41, 5.74) is -0.829. The molecule has 3 rings (SSSR count). The van der Waals surface area contributed by atoms with Crippen LogP contribution in [0.25, 0.3) is 0 Å². The molecule has 1 aliphatic rings. The minimum atomic E-state index is -4.60. The Labute approximate surface area is 167 Å². The number of para-hydroxylation sites is 1. The molecular weight excluding hydrogens is 409 g/mol. The van der Waals surface area contributed by atoms with Crippen LogP contribution in [0.3, 0.4) is 0 Å². The molecule has 0 radical (unpaired) electrons. The summed E-state index contributed by atoms with van der Waals surface area (Å²) >= 11 is 0.975. The van der Waals surface area contributed by atoms with Gasteiger partial charge in [0.05, 0.1) is 17.5 Å². The Hall–Kier alpha value is -3.08. The molecule has 0 spiro atoms. The number of furan rings is 1. The van der Waals surface area contributed by atoms with Crippen molar-refractivity contribution in [2.24, 2.45) is 10.2 Å². The number of benzene rings is 1. The lowest BCUT2D eigenvalue weighted by Crippen LogP contribution is -2.28. The molecule has 0 unspecified atom stereocenters.